The number of hydrogen-bond acceptors (Lipinski definition) is 6. The van der Waals surface area contributed by atoms with Crippen LogP contribution >= 0.6 is 0 Å². The number of pyridine rings is 1. The van der Waals surface area contributed by atoms with Crippen molar-refractivity contribution in [3.8, 4) is 0 Å². The fraction of sp³-hybridized carbons (Fsp3) is 0.174. The molecule has 3 aromatic rings. The van der Waals surface area contributed by atoms with E-state index in [9.17, 15) is 18.0 Å². The van der Waals surface area contributed by atoms with Crippen LogP contribution in [0.2, 0.25) is 0 Å². The minimum absolute atomic E-state index is 0.00480. The van der Waals surface area contributed by atoms with Gasteiger partial charge >= 0.3 is 12.1 Å². The number of nitrogens with zero attached hydrogens (tertiary/aromatic N) is 2. The molecule has 4 rings (SSSR count). The van der Waals surface area contributed by atoms with Crippen LogP contribution in [0.5, 0.6) is 0 Å². The predicted molar refractivity (Wildman–Crippen MR) is 121 cm³/mol. The van der Waals surface area contributed by atoms with Crippen molar-refractivity contribution in [2.45, 2.75) is 24.5 Å². The van der Waals surface area contributed by atoms with Crippen molar-refractivity contribution in [2.75, 3.05) is 11.9 Å². The van der Waals surface area contributed by atoms with Crippen LogP contribution in [-0.2, 0) is 21.4 Å². The second-order valence-electron chi connectivity index (χ2n) is 7.45. The van der Waals surface area contributed by atoms with Crippen LogP contribution in [0.1, 0.15) is 22.9 Å². The summed E-state index contributed by atoms with van der Waals surface area (Å²) in [5.41, 5.74) is 2.32. The summed E-state index contributed by atoms with van der Waals surface area (Å²) in [4.78, 5) is 28.6. The quantitative estimate of drug-likeness (QED) is 0.573. The average molecular weight is 467 g/mol. The number of hydrogen-bond donors (Lipinski definition) is 2. The molecule has 0 unspecified atom stereocenters. The van der Waals surface area contributed by atoms with E-state index >= 15 is 0 Å². The highest BCUT2D eigenvalue weighted by atomic mass is 32.2. The number of rotatable bonds is 6. The third-order valence-electron chi connectivity index (χ3n) is 5.17. The predicted octanol–water partition coefficient (Wildman–Crippen LogP) is 3.59. The van der Waals surface area contributed by atoms with Gasteiger partial charge in [-0.1, -0.05) is 36.4 Å². The van der Waals surface area contributed by atoms with Gasteiger partial charge in [0.15, 0.2) is 0 Å². The van der Waals surface area contributed by atoms with Gasteiger partial charge in [0.2, 0.25) is 0 Å². The van der Waals surface area contributed by atoms with Crippen LogP contribution < -0.4 is 10.6 Å². The van der Waals surface area contributed by atoms with Crippen LogP contribution in [-0.4, -0.2) is 36.4 Å². The number of amides is 3. The summed E-state index contributed by atoms with van der Waals surface area (Å²) >= 11 is 0. The number of carbonyl (C=O) groups is 2. The molecule has 1 atom stereocenters. The monoisotopic (exact) mass is 466 g/mol. The van der Waals surface area contributed by atoms with Gasteiger partial charge in [0.25, 0.3) is 10.0 Å². The highest BCUT2D eigenvalue weighted by Gasteiger charge is 2.38. The van der Waals surface area contributed by atoms with E-state index in [0.717, 1.165) is 9.87 Å². The summed E-state index contributed by atoms with van der Waals surface area (Å²) in [5, 5.41) is 5.29. The SMILES string of the molecule is Cc1cc(S(=O)(=O)N2C[C@H](c3ccccc3)NC2=O)ccc1NC(=O)OCc1ccccn1. The van der Waals surface area contributed by atoms with Crippen LogP contribution in [0.15, 0.2) is 77.8 Å². The van der Waals surface area contributed by atoms with Crippen molar-refractivity contribution in [1.82, 2.24) is 14.6 Å². The van der Waals surface area contributed by atoms with Crippen molar-refractivity contribution in [3.05, 3.63) is 89.7 Å². The minimum Gasteiger partial charge on any atom is -0.443 e. The normalized spacial score (nSPS) is 15.7. The van der Waals surface area contributed by atoms with Gasteiger partial charge in [-0.3, -0.25) is 10.3 Å². The molecule has 1 aromatic heterocycles. The molecule has 1 aliphatic rings. The number of aromatic nitrogens is 1. The largest absolute Gasteiger partial charge is 0.443 e. The van der Waals surface area contributed by atoms with E-state index in [1.807, 2.05) is 30.3 Å². The number of urea groups is 1. The molecule has 2 aromatic carbocycles. The number of ether oxygens (including phenoxy) is 1. The van der Waals surface area contributed by atoms with E-state index in [1.165, 1.54) is 18.2 Å². The second-order valence-corrected chi connectivity index (χ2v) is 9.31. The summed E-state index contributed by atoms with van der Waals surface area (Å²) in [5.74, 6) is 0. The Kier molecular flexibility index (Phi) is 6.27. The van der Waals surface area contributed by atoms with Gasteiger partial charge < -0.3 is 10.1 Å². The van der Waals surface area contributed by atoms with Gasteiger partial charge in [0, 0.05) is 11.9 Å². The molecule has 1 aliphatic heterocycles. The average Bonchev–Trinajstić information content (AvgIpc) is 3.23. The molecule has 0 saturated carbocycles. The van der Waals surface area contributed by atoms with Crippen LogP contribution in [0, 0.1) is 6.92 Å². The van der Waals surface area contributed by atoms with Crippen molar-refractivity contribution in [1.29, 1.82) is 0 Å². The first-order valence-corrected chi connectivity index (χ1v) is 11.6. The van der Waals surface area contributed by atoms with Gasteiger partial charge in [-0.25, -0.2) is 22.3 Å². The van der Waals surface area contributed by atoms with E-state index in [4.69, 9.17) is 4.74 Å². The third kappa shape index (κ3) is 4.96. The molecule has 1 fully saturated rings. The van der Waals surface area contributed by atoms with Crippen molar-refractivity contribution < 1.29 is 22.7 Å². The molecule has 170 valence electrons. The third-order valence-corrected chi connectivity index (χ3v) is 6.92. The maximum atomic E-state index is 13.1. The number of sulfonamides is 1. The highest BCUT2D eigenvalue weighted by molar-refractivity contribution is 7.89. The topological polar surface area (TPSA) is 118 Å². The maximum absolute atomic E-state index is 13.1. The summed E-state index contributed by atoms with van der Waals surface area (Å²) in [6.07, 6.45) is 0.909. The molecule has 0 aliphatic carbocycles. The second kappa shape index (κ2) is 9.29. The first kappa shape index (κ1) is 22.3. The Morgan fingerprint density at radius 3 is 2.61 bits per heavy atom. The summed E-state index contributed by atoms with van der Waals surface area (Å²) in [6.45, 7) is 1.65. The number of carbonyl (C=O) groups excluding carboxylic acids is 2. The summed E-state index contributed by atoms with van der Waals surface area (Å²) < 4.78 is 32.2. The van der Waals surface area contributed by atoms with Gasteiger partial charge in [-0.05, 0) is 48.4 Å². The van der Waals surface area contributed by atoms with Crippen LogP contribution in [0.4, 0.5) is 15.3 Å². The zero-order valence-corrected chi connectivity index (χ0v) is 18.6. The molecule has 0 bridgehead atoms. The van der Waals surface area contributed by atoms with Crippen molar-refractivity contribution >= 4 is 27.8 Å². The number of anilines is 1. The Labute approximate surface area is 191 Å². The zero-order chi connectivity index (χ0) is 23.4. The molecule has 0 spiro atoms. The molecule has 3 amide bonds. The lowest BCUT2D eigenvalue weighted by molar-refractivity contribution is 0.153. The first-order chi connectivity index (χ1) is 15.8. The Bertz CT molecular complexity index is 1270. The van der Waals surface area contributed by atoms with Gasteiger partial charge in [-0.15, -0.1) is 0 Å². The standard InChI is InChI=1S/C23H22N4O5S/c1-16-13-19(10-11-20(16)26-23(29)32-15-18-9-5-6-12-24-18)33(30,31)27-14-21(25-22(27)28)17-7-3-2-4-8-17/h2-13,21H,14-15H2,1H3,(H,25,28)(H,26,29)/t21-/m1/s1. The van der Waals surface area contributed by atoms with E-state index in [0.29, 0.717) is 16.9 Å². The molecule has 2 N–H and O–H groups in total. The Morgan fingerprint density at radius 2 is 1.91 bits per heavy atom. The lowest BCUT2D eigenvalue weighted by atomic mass is 10.1. The highest BCUT2D eigenvalue weighted by Crippen LogP contribution is 2.28. The Balaban J connectivity index is 1.44. The van der Waals surface area contributed by atoms with Gasteiger partial charge in [-0.2, -0.15) is 0 Å². The zero-order valence-electron chi connectivity index (χ0n) is 17.8. The fourth-order valence-electron chi connectivity index (χ4n) is 3.43. The van der Waals surface area contributed by atoms with E-state index in [1.54, 1.807) is 31.3 Å². The van der Waals surface area contributed by atoms with E-state index < -0.39 is 28.2 Å². The minimum atomic E-state index is -4.07. The van der Waals surface area contributed by atoms with Crippen molar-refractivity contribution in [3.63, 3.8) is 0 Å². The lowest BCUT2D eigenvalue weighted by Gasteiger charge is -2.17. The van der Waals surface area contributed by atoms with Gasteiger partial charge in [0.05, 0.1) is 23.2 Å². The summed E-state index contributed by atoms with van der Waals surface area (Å²) in [7, 11) is -4.07. The van der Waals surface area contributed by atoms with Crippen LogP contribution in [0.25, 0.3) is 0 Å². The molecule has 1 saturated heterocycles. The molecular weight excluding hydrogens is 444 g/mol. The van der Waals surface area contributed by atoms with Crippen LogP contribution in [0.3, 0.4) is 0 Å². The maximum Gasteiger partial charge on any atom is 0.412 e. The number of nitrogens with one attached hydrogen (secondary N) is 2. The lowest BCUT2D eigenvalue weighted by Crippen LogP contribution is -2.34. The smallest absolute Gasteiger partial charge is 0.412 e. The number of benzene rings is 2. The molecule has 10 heteroatoms. The molecule has 9 nitrogen and oxygen atoms in total. The van der Waals surface area contributed by atoms with E-state index in [2.05, 4.69) is 15.6 Å². The molecule has 0 radical (unpaired) electrons. The number of aryl methyl sites for hydroxylation is 1. The fourth-order valence-corrected chi connectivity index (χ4v) is 4.87. The Morgan fingerprint density at radius 1 is 1.15 bits per heavy atom. The van der Waals surface area contributed by atoms with Gasteiger partial charge in [0.1, 0.15) is 6.61 Å². The van der Waals surface area contributed by atoms with E-state index in [-0.39, 0.29) is 18.0 Å². The molecule has 33 heavy (non-hydrogen) atoms. The molecule has 2 heterocycles. The Hall–Kier alpha value is -3.92. The van der Waals surface area contributed by atoms with Crippen molar-refractivity contribution in [2.24, 2.45) is 0 Å². The summed E-state index contributed by atoms with van der Waals surface area (Å²) in [6, 6.07) is 17.6. The molecular formula is C23H22N4O5S. The first-order valence-electron chi connectivity index (χ1n) is 10.2.